The van der Waals surface area contributed by atoms with Crippen LogP contribution in [0.15, 0.2) is 0 Å². The molecule has 0 aromatic rings. The lowest BCUT2D eigenvalue weighted by atomic mass is 9.85. The minimum atomic E-state index is -4.86. The van der Waals surface area contributed by atoms with Crippen molar-refractivity contribution in [2.45, 2.75) is 50.2 Å². The van der Waals surface area contributed by atoms with Crippen molar-refractivity contribution >= 4 is 28.2 Å². The average molecular weight is 403 g/mol. The van der Waals surface area contributed by atoms with Crippen LogP contribution in [0.2, 0.25) is 0 Å². The summed E-state index contributed by atoms with van der Waals surface area (Å²) in [4.78, 5) is 38.3. The van der Waals surface area contributed by atoms with Gasteiger partial charge in [-0.2, -0.15) is 13.5 Å². The quantitative estimate of drug-likeness (QED) is 0.319. The van der Waals surface area contributed by atoms with Crippen LogP contribution < -0.4 is 16.2 Å². The maximum atomic E-state index is 12.6. The predicted molar refractivity (Wildman–Crippen MR) is 87.7 cm³/mol. The van der Waals surface area contributed by atoms with Crippen LogP contribution in [-0.2, 0) is 24.3 Å². The molecule has 27 heavy (non-hydrogen) atoms. The van der Waals surface area contributed by atoms with Gasteiger partial charge in [0.15, 0.2) is 0 Å². The van der Waals surface area contributed by atoms with Gasteiger partial charge in [-0.05, 0) is 44.1 Å². The van der Waals surface area contributed by atoms with E-state index in [0.29, 0.717) is 30.7 Å². The minimum Gasteiger partial charge on any atom is -0.309 e. The number of carbonyl (C=O) groups is 3. The summed E-state index contributed by atoms with van der Waals surface area (Å²) in [6, 6.07) is -2.57. The van der Waals surface area contributed by atoms with E-state index in [1.807, 2.05) is 0 Å². The molecule has 4 rings (SSSR count). The van der Waals surface area contributed by atoms with Crippen LogP contribution in [0.4, 0.5) is 4.79 Å². The van der Waals surface area contributed by atoms with Gasteiger partial charge >= 0.3 is 16.4 Å². The fourth-order valence-electron chi connectivity index (χ4n) is 4.25. The van der Waals surface area contributed by atoms with Gasteiger partial charge in [0.2, 0.25) is 0 Å². The molecule has 3 saturated heterocycles. The number of piperidine rings is 1. The number of rotatable bonds is 4. The smallest absolute Gasteiger partial charge is 0.309 e. The number of hydroxylamine groups is 2. The Hall–Kier alpha value is -1.96. The highest BCUT2D eigenvalue weighted by Gasteiger charge is 2.65. The van der Waals surface area contributed by atoms with Gasteiger partial charge in [0, 0.05) is 6.54 Å². The Morgan fingerprint density at radius 1 is 1.26 bits per heavy atom. The van der Waals surface area contributed by atoms with E-state index in [1.165, 1.54) is 4.90 Å². The summed E-state index contributed by atoms with van der Waals surface area (Å²) >= 11 is 0. The fourth-order valence-corrected chi connectivity index (χ4v) is 4.62. The van der Waals surface area contributed by atoms with Gasteiger partial charge in [-0.25, -0.2) is 4.79 Å². The van der Waals surface area contributed by atoms with Crippen LogP contribution in [0, 0.1) is 5.41 Å². The number of hydrazine groups is 1. The standard InChI is InChI=1S/C14H21N5O7S/c20-11(8-2-1-5-15-8)16-17-12(21)9-6-14(3-4-14)10-7-18(9)13(22)19(10)26-27(23,24)25/h8-10,15H,1-7H2,(H,16,20)(H,17,21)(H,23,24,25). The highest BCUT2D eigenvalue weighted by molar-refractivity contribution is 7.80. The second-order valence-electron chi connectivity index (χ2n) is 7.49. The van der Waals surface area contributed by atoms with Gasteiger partial charge in [-0.15, -0.1) is 4.28 Å². The average Bonchev–Trinajstić information content (AvgIpc) is 3.05. The molecule has 3 unspecified atom stereocenters. The Kier molecular flexibility index (Phi) is 4.29. The third kappa shape index (κ3) is 3.35. The zero-order valence-electron chi connectivity index (χ0n) is 14.4. The zero-order valence-corrected chi connectivity index (χ0v) is 15.2. The first kappa shape index (κ1) is 18.4. The molecule has 1 aliphatic carbocycles. The SMILES string of the molecule is O=C(NNC(=O)C1CC2(CC2)C2CN1C(=O)N2OS(=O)(=O)O)C1CCCN1. The van der Waals surface area contributed by atoms with Crippen LogP contribution in [-0.4, -0.2) is 72.0 Å². The molecule has 3 atom stereocenters. The fraction of sp³-hybridized carbons (Fsp3) is 0.786. The Bertz CT molecular complexity index is 777. The van der Waals surface area contributed by atoms with Crippen molar-refractivity contribution in [3.8, 4) is 0 Å². The molecule has 13 heteroatoms. The number of hydrogen-bond acceptors (Lipinski definition) is 7. The van der Waals surface area contributed by atoms with Gasteiger partial charge in [0.25, 0.3) is 11.8 Å². The maximum Gasteiger partial charge on any atom is 0.418 e. The normalized spacial score (nSPS) is 31.3. The number of carbonyl (C=O) groups excluding carboxylic acids is 3. The maximum absolute atomic E-state index is 12.6. The Morgan fingerprint density at radius 3 is 2.56 bits per heavy atom. The molecule has 4 N–H and O–H groups in total. The van der Waals surface area contributed by atoms with E-state index >= 15 is 0 Å². The minimum absolute atomic E-state index is 0.116. The highest BCUT2D eigenvalue weighted by atomic mass is 32.3. The number of fused-ring (bicyclic) bond motifs is 3. The Labute approximate surface area is 155 Å². The van der Waals surface area contributed by atoms with Crippen molar-refractivity contribution in [2.75, 3.05) is 13.1 Å². The lowest BCUT2D eigenvalue weighted by Gasteiger charge is -2.35. The number of hydrogen-bond donors (Lipinski definition) is 4. The van der Waals surface area contributed by atoms with Crippen LogP contribution in [0.3, 0.4) is 0 Å². The number of amides is 4. The summed E-state index contributed by atoms with van der Waals surface area (Å²) in [6.45, 7) is 0.856. The molecule has 1 spiro atoms. The van der Waals surface area contributed by atoms with E-state index in [-0.39, 0.29) is 18.5 Å². The summed E-state index contributed by atoms with van der Waals surface area (Å²) < 4.78 is 35.5. The van der Waals surface area contributed by atoms with Crippen molar-refractivity contribution in [2.24, 2.45) is 5.41 Å². The first-order valence-corrected chi connectivity index (χ1v) is 10.2. The van der Waals surface area contributed by atoms with Crippen LogP contribution in [0.25, 0.3) is 0 Å². The van der Waals surface area contributed by atoms with Gasteiger partial charge in [-0.1, -0.05) is 0 Å². The number of nitrogens with zero attached hydrogens (tertiary/aromatic N) is 2. The number of nitrogens with one attached hydrogen (secondary N) is 3. The lowest BCUT2D eigenvalue weighted by Crippen LogP contribution is -2.57. The first-order valence-electron chi connectivity index (χ1n) is 8.80. The van der Waals surface area contributed by atoms with E-state index in [1.54, 1.807) is 0 Å². The van der Waals surface area contributed by atoms with Crippen LogP contribution in [0.5, 0.6) is 0 Å². The van der Waals surface area contributed by atoms with Crippen molar-refractivity contribution in [3.63, 3.8) is 0 Å². The van der Waals surface area contributed by atoms with Gasteiger partial charge < -0.3 is 10.2 Å². The van der Waals surface area contributed by atoms with Crippen molar-refractivity contribution < 1.29 is 31.6 Å². The largest absolute Gasteiger partial charge is 0.418 e. The Balaban J connectivity index is 1.44. The molecule has 4 amide bonds. The monoisotopic (exact) mass is 403 g/mol. The highest BCUT2D eigenvalue weighted by Crippen LogP contribution is 2.59. The second kappa shape index (κ2) is 6.29. The molecule has 4 aliphatic rings. The second-order valence-corrected chi connectivity index (χ2v) is 8.49. The zero-order chi connectivity index (χ0) is 19.4. The van der Waals surface area contributed by atoms with Crippen LogP contribution in [0.1, 0.15) is 32.1 Å². The van der Waals surface area contributed by atoms with E-state index in [4.69, 9.17) is 4.55 Å². The van der Waals surface area contributed by atoms with E-state index in [9.17, 15) is 22.8 Å². The Morgan fingerprint density at radius 2 is 1.96 bits per heavy atom. The van der Waals surface area contributed by atoms with Gasteiger partial charge in [-0.3, -0.25) is 25.0 Å². The molecule has 0 aromatic heterocycles. The van der Waals surface area contributed by atoms with Crippen molar-refractivity contribution in [3.05, 3.63) is 0 Å². The summed E-state index contributed by atoms with van der Waals surface area (Å²) in [7, 11) is -4.86. The topological polar surface area (TPSA) is 157 Å². The van der Waals surface area contributed by atoms with Crippen LogP contribution >= 0.6 is 0 Å². The molecule has 1 saturated carbocycles. The third-order valence-electron chi connectivity index (χ3n) is 5.82. The van der Waals surface area contributed by atoms with E-state index < -0.39 is 39.8 Å². The molecular weight excluding hydrogens is 382 g/mol. The first-order chi connectivity index (χ1) is 12.7. The summed E-state index contributed by atoms with van der Waals surface area (Å²) in [5.41, 5.74) is 4.31. The number of urea groups is 1. The molecular formula is C14H21N5O7S. The lowest BCUT2D eigenvalue weighted by molar-refractivity contribution is -0.133. The third-order valence-corrected chi connectivity index (χ3v) is 6.17. The summed E-state index contributed by atoms with van der Waals surface area (Å²) in [5.74, 6) is -0.895. The molecule has 2 bridgehead atoms. The molecule has 3 heterocycles. The van der Waals surface area contributed by atoms with Crippen molar-refractivity contribution in [1.82, 2.24) is 26.1 Å². The van der Waals surface area contributed by atoms with Gasteiger partial charge in [0.05, 0.1) is 12.1 Å². The van der Waals surface area contributed by atoms with E-state index in [2.05, 4.69) is 20.5 Å². The summed E-state index contributed by atoms with van der Waals surface area (Å²) in [6.07, 6.45) is 3.32. The molecule has 4 fully saturated rings. The molecule has 3 aliphatic heterocycles. The molecule has 12 nitrogen and oxygen atoms in total. The molecule has 150 valence electrons. The predicted octanol–water partition coefficient (Wildman–Crippen LogP) is -1.72. The molecule has 0 radical (unpaired) electrons. The van der Waals surface area contributed by atoms with Crippen molar-refractivity contribution in [1.29, 1.82) is 0 Å². The molecule has 0 aromatic carbocycles. The van der Waals surface area contributed by atoms with E-state index in [0.717, 1.165) is 13.0 Å². The van der Waals surface area contributed by atoms with Gasteiger partial charge in [0.1, 0.15) is 6.04 Å². The summed E-state index contributed by atoms with van der Waals surface area (Å²) in [5, 5.41) is 3.66.